The van der Waals surface area contributed by atoms with Crippen LogP contribution in [0.15, 0.2) is 48.5 Å². The number of carbonyl (C=O) groups excluding carboxylic acids is 1. The molecule has 0 unspecified atom stereocenters. The molecule has 3 rings (SSSR count). The van der Waals surface area contributed by atoms with E-state index in [-0.39, 0.29) is 5.91 Å². The van der Waals surface area contributed by atoms with Gasteiger partial charge in [-0.3, -0.25) is 9.89 Å². The van der Waals surface area contributed by atoms with E-state index in [1.165, 1.54) is 7.11 Å². The molecule has 0 aliphatic rings. The third-order valence-corrected chi connectivity index (χ3v) is 3.87. The molecule has 0 atom stereocenters. The van der Waals surface area contributed by atoms with Crippen LogP contribution >= 0.6 is 0 Å². The molecular formula is C19H19N3O4. The lowest BCUT2D eigenvalue weighted by molar-refractivity contribution is 0.102. The highest BCUT2D eigenvalue weighted by atomic mass is 16.5. The van der Waals surface area contributed by atoms with E-state index in [0.717, 1.165) is 11.3 Å². The summed E-state index contributed by atoms with van der Waals surface area (Å²) in [6, 6.07) is 14.3. The van der Waals surface area contributed by atoms with Gasteiger partial charge in [-0.2, -0.15) is 5.10 Å². The summed E-state index contributed by atoms with van der Waals surface area (Å²) in [4.78, 5) is 12.5. The number of amides is 1. The van der Waals surface area contributed by atoms with E-state index in [1.807, 2.05) is 24.3 Å². The predicted octanol–water partition coefficient (Wildman–Crippen LogP) is 3.35. The maximum Gasteiger partial charge on any atom is 0.273 e. The monoisotopic (exact) mass is 353 g/mol. The van der Waals surface area contributed by atoms with Crippen LogP contribution in [0.1, 0.15) is 10.5 Å². The fraction of sp³-hybridized carbons (Fsp3) is 0.158. The zero-order chi connectivity index (χ0) is 18.5. The first-order chi connectivity index (χ1) is 12.6. The van der Waals surface area contributed by atoms with E-state index in [4.69, 9.17) is 14.2 Å². The Morgan fingerprint density at radius 2 is 1.62 bits per heavy atom. The molecule has 0 aliphatic carbocycles. The minimum Gasteiger partial charge on any atom is -0.497 e. The summed E-state index contributed by atoms with van der Waals surface area (Å²) in [6.07, 6.45) is 0. The number of hydrogen-bond donors (Lipinski definition) is 2. The molecule has 7 nitrogen and oxygen atoms in total. The standard InChI is InChI=1S/C19H19N3O4/c1-24-13-6-4-12(5-7-13)16-11-17(22-21-16)19(23)20-15-9-8-14(25-2)10-18(15)26-3/h4-11H,1-3H3,(H,20,23)(H,21,22). The first-order valence-corrected chi connectivity index (χ1v) is 7.88. The van der Waals surface area contributed by atoms with Crippen LogP contribution in [0.3, 0.4) is 0 Å². The lowest BCUT2D eigenvalue weighted by Gasteiger charge is -2.10. The fourth-order valence-corrected chi connectivity index (χ4v) is 2.44. The van der Waals surface area contributed by atoms with E-state index in [1.54, 1.807) is 38.5 Å². The number of rotatable bonds is 6. The summed E-state index contributed by atoms with van der Waals surface area (Å²) in [7, 11) is 4.71. The maximum atomic E-state index is 12.5. The number of ether oxygens (including phenoxy) is 3. The van der Waals surface area contributed by atoms with Crippen LogP contribution in [0.2, 0.25) is 0 Å². The highest BCUT2D eigenvalue weighted by Gasteiger charge is 2.14. The molecule has 0 spiro atoms. The minimum atomic E-state index is -0.319. The van der Waals surface area contributed by atoms with Crippen molar-refractivity contribution in [2.45, 2.75) is 0 Å². The van der Waals surface area contributed by atoms with Crippen LogP contribution in [-0.4, -0.2) is 37.4 Å². The zero-order valence-corrected chi connectivity index (χ0v) is 14.7. The van der Waals surface area contributed by atoms with Crippen molar-refractivity contribution >= 4 is 11.6 Å². The number of methoxy groups -OCH3 is 3. The second kappa shape index (κ2) is 7.60. The van der Waals surface area contributed by atoms with Gasteiger partial charge in [0, 0.05) is 11.6 Å². The van der Waals surface area contributed by atoms with Crippen molar-refractivity contribution in [2.24, 2.45) is 0 Å². The quantitative estimate of drug-likeness (QED) is 0.710. The summed E-state index contributed by atoms with van der Waals surface area (Å²) in [5.74, 6) is 1.59. The number of carbonyl (C=O) groups is 1. The minimum absolute atomic E-state index is 0.319. The first kappa shape index (κ1) is 17.3. The van der Waals surface area contributed by atoms with Crippen molar-refractivity contribution in [1.82, 2.24) is 10.2 Å². The number of benzene rings is 2. The molecular weight excluding hydrogens is 334 g/mol. The molecule has 2 N–H and O–H groups in total. The molecule has 0 bridgehead atoms. The van der Waals surface area contributed by atoms with E-state index in [0.29, 0.717) is 28.6 Å². The molecule has 0 saturated heterocycles. The largest absolute Gasteiger partial charge is 0.497 e. The Morgan fingerprint density at radius 3 is 2.27 bits per heavy atom. The van der Waals surface area contributed by atoms with E-state index in [2.05, 4.69) is 15.5 Å². The smallest absolute Gasteiger partial charge is 0.273 e. The Bertz CT molecular complexity index is 903. The highest BCUT2D eigenvalue weighted by molar-refractivity contribution is 6.04. The normalized spacial score (nSPS) is 10.3. The number of nitrogens with one attached hydrogen (secondary N) is 2. The Hall–Kier alpha value is -3.48. The zero-order valence-electron chi connectivity index (χ0n) is 14.7. The maximum absolute atomic E-state index is 12.5. The molecule has 0 fully saturated rings. The number of H-pyrrole nitrogens is 1. The number of aromatic nitrogens is 2. The second-order valence-electron chi connectivity index (χ2n) is 5.42. The van der Waals surface area contributed by atoms with E-state index in [9.17, 15) is 4.79 Å². The van der Waals surface area contributed by atoms with Gasteiger partial charge in [-0.15, -0.1) is 0 Å². The molecule has 26 heavy (non-hydrogen) atoms. The van der Waals surface area contributed by atoms with Gasteiger partial charge >= 0.3 is 0 Å². The lowest BCUT2D eigenvalue weighted by atomic mass is 10.1. The van der Waals surface area contributed by atoms with E-state index < -0.39 is 0 Å². The molecule has 2 aromatic carbocycles. The first-order valence-electron chi connectivity index (χ1n) is 7.88. The summed E-state index contributed by atoms with van der Waals surface area (Å²) in [5, 5.41) is 9.75. The number of hydrogen-bond acceptors (Lipinski definition) is 5. The SMILES string of the molecule is COc1ccc(-c2cc(C(=O)Nc3ccc(OC)cc3OC)[nH]n2)cc1. The van der Waals surface area contributed by atoms with Gasteiger partial charge in [0.05, 0.1) is 32.7 Å². The van der Waals surface area contributed by atoms with Gasteiger partial charge in [-0.1, -0.05) is 0 Å². The van der Waals surface area contributed by atoms with Crippen molar-refractivity contribution in [3.8, 4) is 28.5 Å². The Balaban J connectivity index is 1.78. The Kier molecular flexibility index (Phi) is 5.07. The molecule has 134 valence electrons. The summed E-state index contributed by atoms with van der Waals surface area (Å²) >= 11 is 0. The summed E-state index contributed by atoms with van der Waals surface area (Å²) in [6.45, 7) is 0. The number of anilines is 1. The van der Waals surface area contributed by atoms with Crippen molar-refractivity contribution in [1.29, 1.82) is 0 Å². The molecule has 0 aliphatic heterocycles. The average Bonchev–Trinajstić information content (AvgIpc) is 3.18. The lowest BCUT2D eigenvalue weighted by Crippen LogP contribution is -2.13. The Labute approximate surface area is 150 Å². The van der Waals surface area contributed by atoms with Crippen LogP contribution in [0.25, 0.3) is 11.3 Å². The van der Waals surface area contributed by atoms with Crippen LogP contribution in [0.4, 0.5) is 5.69 Å². The Morgan fingerprint density at radius 1 is 0.923 bits per heavy atom. The van der Waals surface area contributed by atoms with Gasteiger partial charge in [0.1, 0.15) is 22.9 Å². The predicted molar refractivity (Wildman–Crippen MR) is 98.1 cm³/mol. The second-order valence-corrected chi connectivity index (χ2v) is 5.42. The van der Waals surface area contributed by atoms with Crippen LogP contribution in [0.5, 0.6) is 17.2 Å². The number of aromatic amines is 1. The fourth-order valence-electron chi connectivity index (χ4n) is 2.44. The van der Waals surface area contributed by atoms with Crippen LogP contribution < -0.4 is 19.5 Å². The third kappa shape index (κ3) is 3.61. The average molecular weight is 353 g/mol. The molecule has 3 aromatic rings. The molecule has 0 saturated carbocycles. The summed E-state index contributed by atoms with van der Waals surface area (Å²) in [5.41, 5.74) is 2.43. The van der Waals surface area contributed by atoms with Gasteiger partial charge in [-0.25, -0.2) is 0 Å². The van der Waals surface area contributed by atoms with Crippen molar-refractivity contribution < 1.29 is 19.0 Å². The third-order valence-electron chi connectivity index (χ3n) is 3.87. The van der Waals surface area contributed by atoms with E-state index >= 15 is 0 Å². The molecule has 1 heterocycles. The van der Waals surface area contributed by atoms with Gasteiger partial charge in [-0.05, 0) is 42.5 Å². The topological polar surface area (TPSA) is 85.5 Å². The van der Waals surface area contributed by atoms with Crippen molar-refractivity contribution in [3.05, 3.63) is 54.2 Å². The molecule has 0 radical (unpaired) electrons. The van der Waals surface area contributed by atoms with Gasteiger partial charge in [0.15, 0.2) is 0 Å². The number of nitrogens with zero attached hydrogens (tertiary/aromatic N) is 1. The molecule has 7 heteroatoms. The van der Waals surface area contributed by atoms with Gasteiger partial charge < -0.3 is 19.5 Å². The van der Waals surface area contributed by atoms with Crippen molar-refractivity contribution in [3.63, 3.8) is 0 Å². The highest BCUT2D eigenvalue weighted by Crippen LogP contribution is 2.29. The molecule has 1 amide bonds. The van der Waals surface area contributed by atoms with Crippen molar-refractivity contribution in [2.75, 3.05) is 26.6 Å². The molecule has 1 aromatic heterocycles. The van der Waals surface area contributed by atoms with Gasteiger partial charge in [0.2, 0.25) is 0 Å². The van der Waals surface area contributed by atoms with Crippen LogP contribution in [0, 0.1) is 0 Å². The van der Waals surface area contributed by atoms with Crippen LogP contribution in [-0.2, 0) is 0 Å². The summed E-state index contributed by atoms with van der Waals surface area (Å²) < 4.78 is 15.6. The van der Waals surface area contributed by atoms with Gasteiger partial charge in [0.25, 0.3) is 5.91 Å².